The molecule has 31 heavy (non-hydrogen) atoms. The predicted molar refractivity (Wildman–Crippen MR) is 130 cm³/mol. The Labute approximate surface area is 195 Å². The summed E-state index contributed by atoms with van der Waals surface area (Å²) < 4.78 is 11.5. The van der Waals surface area contributed by atoms with Crippen LogP contribution in [0.2, 0.25) is 0 Å². The van der Waals surface area contributed by atoms with Gasteiger partial charge in [-0.05, 0) is 42.3 Å². The third-order valence-electron chi connectivity index (χ3n) is 4.87. The predicted octanol–water partition coefficient (Wildman–Crippen LogP) is 5.49. The van der Waals surface area contributed by atoms with Crippen molar-refractivity contribution < 1.29 is 14.3 Å². The Balaban J connectivity index is 1.83. The summed E-state index contributed by atoms with van der Waals surface area (Å²) in [4.78, 5) is 14.8. The van der Waals surface area contributed by atoms with Crippen LogP contribution in [0.4, 0.5) is 0 Å². The Morgan fingerprint density at radius 3 is 2.61 bits per heavy atom. The molecule has 0 aromatic heterocycles. The molecule has 1 heterocycles. The van der Waals surface area contributed by atoms with E-state index < -0.39 is 0 Å². The number of carbonyl (C=O) groups excluding carboxylic acids is 1. The van der Waals surface area contributed by atoms with Crippen molar-refractivity contribution in [1.82, 2.24) is 4.90 Å². The molecule has 6 nitrogen and oxygen atoms in total. The molecule has 0 spiro atoms. The molecule has 2 aromatic carbocycles. The lowest BCUT2D eigenvalue weighted by molar-refractivity contribution is -0.126. The van der Waals surface area contributed by atoms with Gasteiger partial charge in [-0.25, -0.2) is 0 Å². The molecule has 0 N–H and O–H groups in total. The minimum absolute atomic E-state index is 0.0863. The summed E-state index contributed by atoms with van der Waals surface area (Å²) in [5, 5.41) is 9.17. The first kappa shape index (κ1) is 23.3. The Hall–Kier alpha value is -2.32. The molecule has 1 aliphatic rings. The summed E-state index contributed by atoms with van der Waals surface area (Å²) in [5.41, 5.74) is 1.82. The summed E-state index contributed by atoms with van der Waals surface area (Å²) in [5.74, 6) is 1.58. The normalized spacial score (nSPS) is 17.7. The van der Waals surface area contributed by atoms with Gasteiger partial charge in [0.2, 0.25) is 5.91 Å². The monoisotopic (exact) mass is 503 g/mol. The van der Waals surface area contributed by atoms with Crippen molar-refractivity contribution in [2.75, 3.05) is 14.2 Å². The average Bonchev–Trinajstić information content (AvgIpc) is 3.07. The van der Waals surface area contributed by atoms with Gasteiger partial charge < -0.3 is 9.47 Å². The summed E-state index contributed by atoms with van der Waals surface area (Å²) in [6.45, 7) is 2.58. The van der Waals surface area contributed by atoms with E-state index in [4.69, 9.17) is 9.47 Å². The maximum absolute atomic E-state index is 13.0. The Morgan fingerprint density at radius 2 is 1.94 bits per heavy atom. The number of amidine groups is 1. The van der Waals surface area contributed by atoms with Gasteiger partial charge in [0, 0.05) is 10.0 Å². The van der Waals surface area contributed by atoms with E-state index in [1.54, 1.807) is 25.3 Å². The molecule has 0 bridgehead atoms. The number of hydrogen-bond acceptors (Lipinski definition) is 6. The number of ether oxygens (including phenoxy) is 2. The van der Waals surface area contributed by atoms with Crippen molar-refractivity contribution in [3.05, 3.63) is 58.1 Å². The largest absolute Gasteiger partial charge is 0.497 e. The zero-order chi connectivity index (χ0) is 22.2. The number of thioether (sulfide) groups is 1. The van der Waals surface area contributed by atoms with Gasteiger partial charge in [-0.2, -0.15) is 5.10 Å². The first-order valence-corrected chi connectivity index (χ1v) is 11.8. The highest BCUT2D eigenvalue weighted by Crippen LogP contribution is 2.32. The summed E-state index contributed by atoms with van der Waals surface area (Å²) in [6.07, 6.45) is 4.54. The highest BCUT2D eigenvalue weighted by Gasteiger charge is 2.37. The van der Waals surface area contributed by atoms with Crippen LogP contribution in [-0.2, 0) is 11.3 Å². The Bertz CT molecular complexity index is 963. The van der Waals surface area contributed by atoms with Gasteiger partial charge in [0.05, 0.1) is 32.2 Å². The fourth-order valence-corrected chi connectivity index (χ4v) is 4.69. The van der Waals surface area contributed by atoms with Crippen LogP contribution in [-0.4, -0.2) is 41.7 Å². The molecule has 8 heteroatoms. The number of rotatable bonds is 9. The summed E-state index contributed by atoms with van der Waals surface area (Å²) in [7, 11) is 3.25. The van der Waals surface area contributed by atoms with Crippen molar-refractivity contribution in [3.8, 4) is 11.5 Å². The molecule has 2 aromatic rings. The van der Waals surface area contributed by atoms with Crippen LogP contribution >= 0.6 is 27.7 Å². The summed E-state index contributed by atoms with van der Waals surface area (Å²) >= 11 is 4.95. The number of hydrogen-bond donors (Lipinski definition) is 0. The average molecular weight is 504 g/mol. The van der Waals surface area contributed by atoms with Crippen molar-refractivity contribution in [2.24, 2.45) is 10.2 Å². The fourth-order valence-electron chi connectivity index (χ4n) is 3.16. The number of nitrogens with zero attached hydrogens (tertiary/aromatic N) is 3. The van der Waals surface area contributed by atoms with E-state index in [1.807, 2.05) is 42.5 Å². The first-order chi connectivity index (χ1) is 15.0. The first-order valence-electron chi connectivity index (χ1n) is 10.1. The summed E-state index contributed by atoms with van der Waals surface area (Å²) in [6, 6.07) is 13.4. The minimum Gasteiger partial charge on any atom is -0.497 e. The van der Waals surface area contributed by atoms with Crippen LogP contribution < -0.4 is 9.47 Å². The van der Waals surface area contributed by atoms with Crippen LogP contribution in [0, 0.1) is 0 Å². The maximum Gasteiger partial charge on any atom is 0.242 e. The smallest absolute Gasteiger partial charge is 0.242 e. The zero-order valence-electron chi connectivity index (χ0n) is 17.9. The highest BCUT2D eigenvalue weighted by atomic mass is 79.9. The fraction of sp³-hybridized carbons (Fsp3) is 0.348. The molecule has 1 fully saturated rings. The van der Waals surface area contributed by atoms with Crippen molar-refractivity contribution in [2.45, 2.75) is 38.0 Å². The van der Waals surface area contributed by atoms with E-state index in [9.17, 15) is 4.79 Å². The van der Waals surface area contributed by atoms with Gasteiger partial charge in [0.25, 0.3) is 0 Å². The van der Waals surface area contributed by atoms with E-state index in [1.165, 1.54) is 11.8 Å². The van der Waals surface area contributed by atoms with Crippen LogP contribution in [0.3, 0.4) is 0 Å². The van der Waals surface area contributed by atoms with Gasteiger partial charge in [0.15, 0.2) is 5.17 Å². The van der Waals surface area contributed by atoms with Gasteiger partial charge in [-0.15, -0.1) is 5.10 Å². The number of unbranched alkanes of at least 4 members (excludes halogenated alkanes) is 1. The quantitative estimate of drug-likeness (QED) is 0.335. The van der Waals surface area contributed by atoms with Gasteiger partial charge in [-0.1, -0.05) is 59.6 Å². The Kier molecular flexibility index (Phi) is 8.54. The maximum atomic E-state index is 13.0. The van der Waals surface area contributed by atoms with Crippen molar-refractivity contribution >= 4 is 45.0 Å². The van der Waals surface area contributed by atoms with Gasteiger partial charge in [-0.3, -0.25) is 9.69 Å². The second-order valence-corrected chi connectivity index (χ2v) is 9.12. The zero-order valence-corrected chi connectivity index (χ0v) is 20.3. The van der Waals surface area contributed by atoms with Gasteiger partial charge >= 0.3 is 0 Å². The molecule has 0 saturated carbocycles. The van der Waals surface area contributed by atoms with Crippen molar-refractivity contribution in [1.29, 1.82) is 0 Å². The van der Waals surface area contributed by atoms with E-state index in [0.29, 0.717) is 17.5 Å². The lowest BCUT2D eigenvalue weighted by Crippen LogP contribution is -2.31. The minimum atomic E-state index is -0.118. The van der Waals surface area contributed by atoms with E-state index >= 15 is 0 Å². The van der Waals surface area contributed by atoms with E-state index in [0.717, 1.165) is 40.6 Å². The lowest BCUT2D eigenvalue weighted by Gasteiger charge is -2.16. The van der Waals surface area contributed by atoms with Crippen LogP contribution in [0.25, 0.3) is 0 Å². The SMILES string of the molecule is CCCCC1SC(=NN=Cc2cc(Br)ccc2OC)N(Cc2ccc(OC)cc2)C1=O. The third-order valence-corrected chi connectivity index (χ3v) is 6.60. The topological polar surface area (TPSA) is 63.5 Å². The van der Waals surface area contributed by atoms with Gasteiger partial charge in [0.1, 0.15) is 11.5 Å². The van der Waals surface area contributed by atoms with E-state index in [-0.39, 0.29) is 11.2 Å². The number of methoxy groups -OCH3 is 2. The molecule has 1 saturated heterocycles. The Morgan fingerprint density at radius 1 is 1.16 bits per heavy atom. The van der Waals surface area contributed by atoms with Crippen LogP contribution in [0.5, 0.6) is 11.5 Å². The highest BCUT2D eigenvalue weighted by molar-refractivity contribution is 9.10. The number of carbonyl (C=O) groups is 1. The van der Waals surface area contributed by atoms with Crippen LogP contribution in [0.15, 0.2) is 57.1 Å². The second kappa shape index (κ2) is 11.3. The number of halogens is 1. The number of amides is 1. The second-order valence-electron chi connectivity index (χ2n) is 7.03. The molecule has 1 amide bonds. The molecular weight excluding hydrogens is 478 g/mol. The van der Waals surface area contributed by atoms with E-state index in [2.05, 4.69) is 33.1 Å². The molecule has 1 aliphatic heterocycles. The molecule has 164 valence electrons. The molecule has 0 aliphatic carbocycles. The number of benzene rings is 2. The van der Waals surface area contributed by atoms with Crippen molar-refractivity contribution in [3.63, 3.8) is 0 Å². The van der Waals surface area contributed by atoms with Crippen LogP contribution in [0.1, 0.15) is 37.3 Å². The molecule has 3 rings (SSSR count). The lowest BCUT2D eigenvalue weighted by atomic mass is 10.1. The molecule has 1 atom stereocenters. The molecular formula is C23H26BrN3O3S. The molecule has 1 unspecified atom stereocenters. The molecule has 0 radical (unpaired) electrons. The standard InChI is InChI=1S/C23H26BrN3O3S/c1-4-5-6-21-22(28)27(15-16-7-10-19(29-2)11-8-16)23(31-21)26-25-14-17-13-18(24)9-12-20(17)30-3/h7-14,21H,4-6,15H2,1-3H3. The third kappa shape index (κ3) is 6.11.